The molecule has 0 saturated heterocycles. The first-order valence-corrected chi connectivity index (χ1v) is 8.84. The molecule has 0 aliphatic heterocycles. The summed E-state index contributed by atoms with van der Waals surface area (Å²) in [6.07, 6.45) is 6.27. The highest BCUT2D eigenvalue weighted by molar-refractivity contribution is 7.14. The van der Waals surface area contributed by atoms with Crippen LogP contribution in [0.15, 0.2) is 5.38 Å². The number of halogens is 1. The van der Waals surface area contributed by atoms with Crippen LogP contribution in [-0.4, -0.2) is 29.2 Å². The average Bonchev–Trinajstić information content (AvgIpc) is 3.09. The number of ketones is 1. The fourth-order valence-electron chi connectivity index (χ4n) is 2.64. The van der Waals surface area contributed by atoms with Gasteiger partial charge < -0.3 is 4.90 Å². The second kappa shape index (κ2) is 7.41. The summed E-state index contributed by atoms with van der Waals surface area (Å²) in [5.74, 6) is 0.616. The van der Waals surface area contributed by atoms with Gasteiger partial charge >= 0.3 is 0 Å². The van der Waals surface area contributed by atoms with Crippen molar-refractivity contribution < 1.29 is 4.79 Å². The zero-order valence-corrected chi connectivity index (χ0v) is 13.8. The van der Waals surface area contributed by atoms with Crippen LogP contribution in [0.25, 0.3) is 0 Å². The van der Waals surface area contributed by atoms with Gasteiger partial charge in [-0.2, -0.15) is 0 Å². The molecule has 1 saturated carbocycles. The molecule has 0 spiro atoms. The standard InChI is InChI=1S/C15H23ClN2OS/c1-11(2)7-8-18(12-5-3-4-6-12)15-17-13(10-20-15)14(19)9-16/h10-12H,3-9H2,1-2H3. The molecule has 3 nitrogen and oxygen atoms in total. The van der Waals surface area contributed by atoms with Crippen molar-refractivity contribution in [1.29, 1.82) is 0 Å². The number of carbonyl (C=O) groups excluding carboxylic acids is 1. The monoisotopic (exact) mass is 314 g/mol. The van der Waals surface area contributed by atoms with E-state index in [0.29, 0.717) is 17.7 Å². The maximum Gasteiger partial charge on any atom is 0.196 e. The molecule has 1 fully saturated rings. The van der Waals surface area contributed by atoms with Crippen LogP contribution in [0.4, 0.5) is 5.13 Å². The van der Waals surface area contributed by atoms with E-state index >= 15 is 0 Å². The predicted molar refractivity (Wildman–Crippen MR) is 86.2 cm³/mol. The molecule has 0 amide bonds. The number of anilines is 1. The number of alkyl halides is 1. The Morgan fingerprint density at radius 3 is 2.80 bits per heavy atom. The number of hydrogen-bond donors (Lipinski definition) is 0. The van der Waals surface area contributed by atoms with Crippen molar-refractivity contribution in [2.75, 3.05) is 17.3 Å². The highest BCUT2D eigenvalue weighted by Crippen LogP contribution is 2.31. The number of nitrogens with zero attached hydrogens (tertiary/aromatic N) is 2. The maximum atomic E-state index is 11.6. The van der Waals surface area contributed by atoms with E-state index in [1.54, 1.807) is 11.3 Å². The topological polar surface area (TPSA) is 33.2 Å². The molecule has 20 heavy (non-hydrogen) atoms. The van der Waals surface area contributed by atoms with Gasteiger partial charge in [-0.05, 0) is 25.2 Å². The first-order valence-electron chi connectivity index (χ1n) is 7.43. The quantitative estimate of drug-likeness (QED) is 0.554. The van der Waals surface area contributed by atoms with Crippen molar-refractivity contribution in [3.05, 3.63) is 11.1 Å². The summed E-state index contributed by atoms with van der Waals surface area (Å²) in [5, 5.41) is 2.84. The molecule has 0 N–H and O–H groups in total. The third-order valence-corrected chi connectivity index (χ3v) is 4.98. The summed E-state index contributed by atoms with van der Waals surface area (Å²) in [6, 6.07) is 0.596. The van der Waals surface area contributed by atoms with Crippen LogP contribution >= 0.6 is 22.9 Å². The Labute approximate surface area is 130 Å². The largest absolute Gasteiger partial charge is 0.345 e. The molecule has 1 aliphatic rings. The number of thiazole rings is 1. The van der Waals surface area contributed by atoms with Crippen molar-refractivity contribution in [3.63, 3.8) is 0 Å². The van der Waals surface area contributed by atoms with Crippen LogP contribution in [0.2, 0.25) is 0 Å². The minimum absolute atomic E-state index is 0.0125. The van der Waals surface area contributed by atoms with Gasteiger partial charge in [0.25, 0.3) is 0 Å². The Bertz CT molecular complexity index is 441. The molecule has 0 aromatic carbocycles. The van der Waals surface area contributed by atoms with Gasteiger partial charge in [-0.3, -0.25) is 4.79 Å². The normalized spacial score (nSPS) is 16.0. The van der Waals surface area contributed by atoms with Gasteiger partial charge in [0.15, 0.2) is 10.9 Å². The van der Waals surface area contributed by atoms with Gasteiger partial charge in [-0.15, -0.1) is 22.9 Å². The molecular weight excluding hydrogens is 292 g/mol. The van der Waals surface area contributed by atoms with Gasteiger partial charge in [0.1, 0.15) is 5.69 Å². The van der Waals surface area contributed by atoms with Crippen molar-refractivity contribution in [2.24, 2.45) is 5.92 Å². The molecule has 0 atom stereocenters. The molecule has 0 unspecified atom stereocenters. The second-order valence-corrected chi connectivity index (χ2v) is 6.99. The Morgan fingerprint density at radius 2 is 2.20 bits per heavy atom. The first-order chi connectivity index (χ1) is 9.61. The minimum atomic E-state index is -0.0793. The van der Waals surface area contributed by atoms with E-state index in [0.717, 1.165) is 18.1 Å². The molecule has 1 aromatic heterocycles. The van der Waals surface area contributed by atoms with E-state index < -0.39 is 0 Å². The molecule has 5 heteroatoms. The molecule has 112 valence electrons. The first kappa shape index (κ1) is 15.8. The molecule has 0 radical (unpaired) electrons. The van der Waals surface area contributed by atoms with E-state index in [1.165, 1.54) is 25.7 Å². The maximum absolute atomic E-state index is 11.6. The van der Waals surface area contributed by atoms with Gasteiger partial charge in [-0.1, -0.05) is 26.7 Å². The lowest BCUT2D eigenvalue weighted by Crippen LogP contribution is -2.34. The Balaban J connectivity index is 2.12. The second-order valence-electron chi connectivity index (χ2n) is 5.89. The fourth-order valence-corrected chi connectivity index (χ4v) is 3.71. The summed E-state index contributed by atoms with van der Waals surface area (Å²) in [4.78, 5) is 18.6. The number of Topliss-reactive ketones (excluding diaryl/α,β-unsaturated/α-hetero) is 1. The number of carbonyl (C=O) groups is 1. The highest BCUT2D eigenvalue weighted by Gasteiger charge is 2.25. The smallest absolute Gasteiger partial charge is 0.196 e. The van der Waals surface area contributed by atoms with Crippen LogP contribution in [0.3, 0.4) is 0 Å². The van der Waals surface area contributed by atoms with E-state index in [9.17, 15) is 4.79 Å². The van der Waals surface area contributed by atoms with Crippen LogP contribution in [-0.2, 0) is 0 Å². The summed E-state index contributed by atoms with van der Waals surface area (Å²) in [5.41, 5.74) is 0.521. The van der Waals surface area contributed by atoms with Crippen molar-refractivity contribution in [3.8, 4) is 0 Å². The van der Waals surface area contributed by atoms with Crippen LogP contribution < -0.4 is 4.90 Å². The molecular formula is C15H23ClN2OS. The molecule has 1 heterocycles. The van der Waals surface area contributed by atoms with E-state index in [-0.39, 0.29) is 11.7 Å². The van der Waals surface area contributed by atoms with Crippen LogP contribution in [0.5, 0.6) is 0 Å². The summed E-state index contributed by atoms with van der Waals surface area (Å²) in [7, 11) is 0. The van der Waals surface area contributed by atoms with Crippen LogP contribution in [0.1, 0.15) is 56.4 Å². The molecule has 1 aromatic rings. The summed E-state index contributed by atoms with van der Waals surface area (Å²) >= 11 is 7.18. The van der Waals surface area contributed by atoms with Crippen molar-refractivity contribution in [2.45, 2.75) is 52.0 Å². The van der Waals surface area contributed by atoms with E-state index in [1.807, 2.05) is 5.38 Å². The third-order valence-electron chi connectivity index (χ3n) is 3.86. The SMILES string of the molecule is CC(C)CCN(c1nc(C(=O)CCl)cs1)C1CCCC1. The zero-order valence-electron chi connectivity index (χ0n) is 12.3. The minimum Gasteiger partial charge on any atom is -0.345 e. The molecule has 1 aliphatic carbocycles. The van der Waals surface area contributed by atoms with E-state index in [4.69, 9.17) is 11.6 Å². The lowest BCUT2D eigenvalue weighted by Gasteiger charge is -2.29. The number of rotatable bonds is 7. The van der Waals surface area contributed by atoms with Crippen LogP contribution in [0, 0.1) is 5.92 Å². The van der Waals surface area contributed by atoms with Crippen molar-refractivity contribution >= 4 is 33.9 Å². The van der Waals surface area contributed by atoms with Gasteiger partial charge in [0.2, 0.25) is 0 Å². The third kappa shape index (κ3) is 3.95. The lowest BCUT2D eigenvalue weighted by molar-refractivity contribution is 0.101. The summed E-state index contributed by atoms with van der Waals surface area (Å²) in [6.45, 7) is 5.53. The zero-order chi connectivity index (χ0) is 14.5. The lowest BCUT2D eigenvalue weighted by atomic mass is 10.1. The Morgan fingerprint density at radius 1 is 1.50 bits per heavy atom. The van der Waals surface area contributed by atoms with Gasteiger partial charge in [-0.25, -0.2) is 4.98 Å². The summed E-state index contributed by atoms with van der Waals surface area (Å²) < 4.78 is 0. The van der Waals surface area contributed by atoms with Gasteiger partial charge in [0.05, 0.1) is 5.88 Å². The fraction of sp³-hybridized carbons (Fsp3) is 0.733. The molecule has 0 bridgehead atoms. The Hall–Kier alpha value is -0.610. The number of aromatic nitrogens is 1. The van der Waals surface area contributed by atoms with Gasteiger partial charge in [0, 0.05) is 18.0 Å². The molecule has 2 rings (SSSR count). The van der Waals surface area contributed by atoms with Crippen molar-refractivity contribution in [1.82, 2.24) is 4.98 Å². The highest BCUT2D eigenvalue weighted by atomic mass is 35.5. The van der Waals surface area contributed by atoms with E-state index in [2.05, 4.69) is 23.7 Å². The predicted octanol–water partition coefficient (Wildman–Crippen LogP) is 4.36. The number of hydrogen-bond acceptors (Lipinski definition) is 4. The Kier molecular flexibility index (Phi) is 5.85. The average molecular weight is 315 g/mol.